The number of rotatable bonds is 4. The lowest BCUT2D eigenvalue weighted by atomic mass is 10.2. The normalized spacial score (nSPS) is 11.1. The number of hydrogen-bond acceptors (Lipinski definition) is 6. The monoisotopic (exact) mass is 341 g/mol. The van der Waals surface area contributed by atoms with E-state index in [4.69, 9.17) is 4.98 Å². The molecule has 0 saturated carbocycles. The highest BCUT2D eigenvalue weighted by molar-refractivity contribution is 7.98. The third-order valence-corrected chi connectivity index (χ3v) is 5.85. The summed E-state index contributed by atoms with van der Waals surface area (Å²) in [5.41, 5.74) is 2.29. The maximum atomic E-state index is 4.70. The van der Waals surface area contributed by atoms with Crippen LogP contribution >= 0.6 is 34.4 Å². The lowest BCUT2D eigenvalue weighted by Gasteiger charge is -2.02. The molecule has 108 valence electrons. The Morgan fingerprint density at radius 2 is 2.05 bits per heavy atom. The number of aromatic nitrogens is 3. The van der Waals surface area contributed by atoms with Gasteiger partial charge >= 0.3 is 0 Å². The summed E-state index contributed by atoms with van der Waals surface area (Å²) >= 11 is 5.08. The Balaban J connectivity index is 1.55. The number of thiazole rings is 1. The Hall–Kier alpha value is -1.76. The zero-order valence-electron chi connectivity index (χ0n) is 11.5. The number of hydrogen-bond donors (Lipinski definition) is 0. The van der Waals surface area contributed by atoms with Gasteiger partial charge in [-0.15, -0.1) is 16.4 Å². The largest absolute Gasteiger partial charge is 0.240 e. The molecule has 0 bridgehead atoms. The average molecular weight is 341 g/mol. The van der Waals surface area contributed by atoms with E-state index in [1.54, 1.807) is 40.6 Å². The van der Waals surface area contributed by atoms with Gasteiger partial charge in [0.2, 0.25) is 0 Å². The fourth-order valence-electron chi connectivity index (χ4n) is 2.14. The molecule has 0 aliphatic carbocycles. The first-order valence-electron chi connectivity index (χ1n) is 6.70. The van der Waals surface area contributed by atoms with E-state index in [1.165, 1.54) is 5.56 Å². The van der Waals surface area contributed by atoms with Gasteiger partial charge in [0.05, 0.1) is 11.9 Å². The molecule has 0 N–H and O–H groups in total. The number of thiophene rings is 1. The molecule has 0 aliphatic rings. The molecule has 3 aromatic heterocycles. The molecule has 4 rings (SSSR count). The fourth-order valence-corrected chi connectivity index (χ4v) is 4.66. The van der Waals surface area contributed by atoms with Crippen molar-refractivity contribution in [2.75, 3.05) is 0 Å². The summed E-state index contributed by atoms with van der Waals surface area (Å²) in [5, 5.41) is 19.0. The van der Waals surface area contributed by atoms with E-state index < -0.39 is 0 Å². The maximum Gasteiger partial charge on any atom is 0.127 e. The summed E-state index contributed by atoms with van der Waals surface area (Å²) in [6, 6.07) is 10.3. The molecule has 6 heteroatoms. The molecule has 0 atom stereocenters. The van der Waals surface area contributed by atoms with Crippen LogP contribution in [0.1, 0.15) is 5.69 Å². The summed E-state index contributed by atoms with van der Waals surface area (Å²) in [6.45, 7) is 0. The van der Waals surface area contributed by atoms with Crippen LogP contribution in [0.2, 0.25) is 0 Å². The van der Waals surface area contributed by atoms with E-state index in [2.05, 4.69) is 44.5 Å². The minimum Gasteiger partial charge on any atom is -0.240 e. The van der Waals surface area contributed by atoms with Crippen LogP contribution in [-0.4, -0.2) is 15.2 Å². The summed E-state index contributed by atoms with van der Waals surface area (Å²) < 4.78 is 0. The molecule has 3 heterocycles. The summed E-state index contributed by atoms with van der Waals surface area (Å²) in [6.07, 6.45) is 1.80. The van der Waals surface area contributed by atoms with Crippen LogP contribution < -0.4 is 0 Å². The highest BCUT2D eigenvalue weighted by atomic mass is 32.2. The molecule has 3 nitrogen and oxygen atoms in total. The average Bonchev–Trinajstić information content (AvgIpc) is 3.24. The van der Waals surface area contributed by atoms with Gasteiger partial charge in [-0.1, -0.05) is 36.0 Å². The Morgan fingerprint density at radius 1 is 1.09 bits per heavy atom. The van der Waals surface area contributed by atoms with Crippen molar-refractivity contribution in [1.82, 2.24) is 15.2 Å². The summed E-state index contributed by atoms with van der Waals surface area (Å²) in [7, 11) is 0. The van der Waals surface area contributed by atoms with Crippen molar-refractivity contribution in [3.8, 4) is 10.6 Å². The third kappa shape index (κ3) is 2.77. The van der Waals surface area contributed by atoms with Gasteiger partial charge < -0.3 is 0 Å². The minimum absolute atomic E-state index is 0.809. The lowest BCUT2D eigenvalue weighted by molar-refractivity contribution is 0.955. The second-order valence-electron chi connectivity index (χ2n) is 4.68. The van der Waals surface area contributed by atoms with Crippen molar-refractivity contribution >= 4 is 45.2 Å². The quantitative estimate of drug-likeness (QED) is 0.484. The highest BCUT2D eigenvalue weighted by Gasteiger charge is 2.08. The van der Waals surface area contributed by atoms with E-state index in [0.29, 0.717) is 0 Å². The number of benzene rings is 1. The van der Waals surface area contributed by atoms with Crippen molar-refractivity contribution in [2.45, 2.75) is 10.8 Å². The second-order valence-corrected chi connectivity index (χ2v) is 7.28. The first kappa shape index (κ1) is 13.9. The highest BCUT2D eigenvalue weighted by Crippen LogP contribution is 2.30. The van der Waals surface area contributed by atoms with E-state index >= 15 is 0 Å². The Labute approximate surface area is 140 Å². The Kier molecular flexibility index (Phi) is 3.88. The predicted octanol–water partition coefficient (Wildman–Crippen LogP) is 5.11. The predicted molar refractivity (Wildman–Crippen MR) is 94.5 cm³/mol. The molecule has 0 radical (unpaired) electrons. The SMILES string of the molecule is c1ccc2c(SCc3csc(-c4ccsc4)n3)nncc2c1. The van der Waals surface area contributed by atoms with E-state index in [9.17, 15) is 0 Å². The van der Waals surface area contributed by atoms with Gasteiger partial charge in [0.1, 0.15) is 10.0 Å². The van der Waals surface area contributed by atoms with Crippen molar-refractivity contribution in [3.05, 3.63) is 58.4 Å². The Bertz CT molecular complexity index is 895. The molecule has 0 unspecified atom stereocenters. The van der Waals surface area contributed by atoms with Gasteiger partial charge in [-0.2, -0.15) is 16.4 Å². The first-order valence-corrected chi connectivity index (χ1v) is 9.51. The zero-order chi connectivity index (χ0) is 14.8. The lowest BCUT2D eigenvalue weighted by Crippen LogP contribution is -1.88. The van der Waals surface area contributed by atoms with Gasteiger partial charge in [-0.25, -0.2) is 4.98 Å². The van der Waals surface area contributed by atoms with Crippen LogP contribution in [-0.2, 0) is 5.75 Å². The minimum atomic E-state index is 0.809. The molecule has 0 fully saturated rings. The van der Waals surface area contributed by atoms with Crippen LogP contribution in [0.25, 0.3) is 21.3 Å². The van der Waals surface area contributed by atoms with E-state index in [0.717, 1.165) is 32.3 Å². The van der Waals surface area contributed by atoms with Gasteiger partial charge in [0.15, 0.2) is 0 Å². The first-order chi connectivity index (χ1) is 10.9. The second kappa shape index (κ2) is 6.16. The molecule has 0 saturated heterocycles. The topological polar surface area (TPSA) is 38.7 Å². The molecule has 22 heavy (non-hydrogen) atoms. The van der Waals surface area contributed by atoms with Gasteiger partial charge in [0.25, 0.3) is 0 Å². The van der Waals surface area contributed by atoms with Crippen LogP contribution in [0.3, 0.4) is 0 Å². The van der Waals surface area contributed by atoms with Crippen LogP contribution in [0.5, 0.6) is 0 Å². The van der Waals surface area contributed by atoms with Crippen molar-refractivity contribution < 1.29 is 0 Å². The third-order valence-electron chi connectivity index (χ3n) is 3.21. The number of fused-ring (bicyclic) bond motifs is 1. The van der Waals surface area contributed by atoms with Crippen molar-refractivity contribution in [2.24, 2.45) is 0 Å². The molecule has 4 aromatic rings. The summed E-state index contributed by atoms with van der Waals surface area (Å²) in [5.74, 6) is 0.809. The molecule has 0 aliphatic heterocycles. The zero-order valence-corrected chi connectivity index (χ0v) is 13.9. The van der Waals surface area contributed by atoms with Gasteiger partial charge in [0, 0.05) is 32.8 Å². The Morgan fingerprint density at radius 3 is 2.95 bits per heavy atom. The molecule has 0 amide bonds. The number of nitrogens with zero attached hydrogens (tertiary/aromatic N) is 3. The van der Waals surface area contributed by atoms with Crippen LogP contribution in [0.4, 0.5) is 0 Å². The van der Waals surface area contributed by atoms with E-state index in [-0.39, 0.29) is 0 Å². The standard InChI is InChI=1S/C16H11N3S3/c1-2-4-14-11(3-1)7-17-19-16(14)22-10-13-9-21-15(18-13)12-5-6-20-8-12/h1-9H,10H2. The summed E-state index contributed by atoms with van der Waals surface area (Å²) in [4.78, 5) is 4.70. The van der Waals surface area contributed by atoms with Crippen LogP contribution in [0.15, 0.2) is 57.7 Å². The van der Waals surface area contributed by atoms with Gasteiger partial charge in [-0.05, 0) is 11.4 Å². The van der Waals surface area contributed by atoms with Gasteiger partial charge in [-0.3, -0.25) is 0 Å². The smallest absolute Gasteiger partial charge is 0.127 e. The van der Waals surface area contributed by atoms with Crippen molar-refractivity contribution in [3.63, 3.8) is 0 Å². The molecule has 1 aromatic carbocycles. The molecular weight excluding hydrogens is 330 g/mol. The van der Waals surface area contributed by atoms with Crippen molar-refractivity contribution in [1.29, 1.82) is 0 Å². The van der Waals surface area contributed by atoms with Crippen LogP contribution in [0, 0.1) is 0 Å². The molecular formula is C16H11N3S3. The number of thioether (sulfide) groups is 1. The fraction of sp³-hybridized carbons (Fsp3) is 0.0625. The maximum absolute atomic E-state index is 4.70. The molecule has 0 spiro atoms. The van der Waals surface area contributed by atoms with E-state index in [1.807, 2.05) is 12.1 Å².